The van der Waals surface area contributed by atoms with E-state index < -0.39 is 16.0 Å². The smallest absolute Gasteiger partial charge is 0.340 e. The maximum Gasteiger partial charge on any atom is 0.340 e. The molecule has 0 N–H and O–H groups in total. The van der Waals surface area contributed by atoms with Gasteiger partial charge in [-0.25, -0.2) is 13.2 Å². The first kappa shape index (κ1) is 21.5. The van der Waals surface area contributed by atoms with Crippen LogP contribution < -0.4 is 0 Å². The number of carbonyl (C=O) groups is 2. The van der Waals surface area contributed by atoms with Crippen LogP contribution in [0.15, 0.2) is 46.8 Å². The number of esters is 1. The standard InChI is InChI=1S/C21H23N3O5S2/c1-15-7-8-20(30-15)31(27,28)24-11-9-22(10-12-24)19(25)14-23-13-17(21(26)29-2)16-5-3-4-6-18(16)23/h3-8,13H,9-12,14H2,1-2H3. The molecular formula is C21H23N3O5S2. The molecule has 164 valence electrons. The summed E-state index contributed by atoms with van der Waals surface area (Å²) in [6.45, 7) is 3.10. The summed E-state index contributed by atoms with van der Waals surface area (Å²) in [5.41, 5.74) is 1.18. The lowest BCUT2D eigenvalue weighted by Gasteiger charge is -2.33. The van der Waals surface area contributed by atoms with Gasteiger partial charge in [-0.2, -0.15) is 4.31 Å². The van der Waals surface area contributed by atoms with E-state index in [2.05, 4.69) is 0 Å². The molecule has 10 heteroatoms. The summed E-state index contributed by atoms with van der Waals surface area (Å²) in [5, 5.41) is 0.726. The van der Waals surface area contributed by atoms with Gasteiger partial charge in [0.15, 0.2) is 0 Å². The molecular weight excluding hydrogens is 438 g/mol. The van der Waals surface area contributed by atoms with Crippen molar-refractivity contribution in [1.82, 2.24) is 13.8 Å². The van der Waals surface area contributed by atoms with Crippen molar-refractivity contribution in [2.45, 2.75) is 17.7 Å². The van der Waals surface area contributed by atoms with Crippen LogP contribution in [0.4, 0.5) is 0 Å². The molecule has 1 aliphatic heterocycles. The number of nitrogens with zero attached hydrogens (tertiary/aromatic N) is 3. The van der Waals surface area contributed by atoms with Gasteiger partial charge in [-0.1, -0.05) is 18.2 Å². The Balaban J connectivity index is 1.46. The molecule has 1 saturated heterocycles. The summed E-state index contributed by atoms with van der Waals surface area (Å²) >= 11 is 1.25. The van der Waals surface area contributed by atoms with E-state index >= 15 is 0 Å². The van der Waals surface area contributed by atoms with Crippen molar-refractivity contribution in [3.05, 3.63) is 53.0 Å². The number of rotatable bonds is 5. The topological polar surface area (TPSA) is 88.9 Å². The molecule has 0 atom stereocenters. The van der Waals surface area contributed by atoms with Crippen LogP contribution in [0, 0.1) is 6.92 Å². The zero-order valence-corrected chi connectivity index (χ0v) is 18.9. The monoisotopic (exact) mass is 461 g/mol. The molecule has 3 heterocycles. The number of thiophene rings is 1. The molecule has 8 nitrogen and oxygen atoms in total. The van der Waals surface area contributed by atoms with Crippen LogP contribution in [-0.2, 0) is 26.1 Å². The number of hydrogen-bond donors (Lipinski definition) is 0. The molecule has 1 aromatic carbocycles. The molecule has 4 rings (SSSR count). The van der Waals surface area contributed by atoms with Gasteiger partial charge in [0.2, 0.25) is 5.91 Å². The maximum absolute atomic E-state index is 12.9. The van der Waals surface area contributed by atoms with E-state index in [4.69, 9.17) is 4.74 Å². The summed E-state index contributed by atoms with van der Waals surface area (Å²) in [6.07, 6.45) is 1.63. The number of ether oxygens (including phenoxy) is 1. The Morgan fingerprint density at radius 3 is 2.42 bits per heavy atom. The number of carbonyl (C=O) groups excluding carboxylic acids is 2. The van der Waals surface area contributed by atoms with Gasteiger partial charge < -0.3 is 14.2 Å². The van der Waals surface area contributed by atoms with E-state index in [-0.39, 0.29) is 25.5 Å². The maximum atomic E-state index is 12.9. The van der Waals surface area contributed by atoms with E-state index in [1.807, 2.05) is 31.2 Å². The molecule has 0 radical (unpaired) electrons. The number of amides is 1. The van der Waals surface area contributed by atoms with Gasteiger partial charge in [0.05, 0.1) is 12.7 Å². The summed E-state index contributed by atoms with van der Waals surface area (Å²) < 4.78 is 33.9. The highest BCUT2D eigenvalue weighted by atomic mass is 32.2. The van der Waals surface area contributed by atoms with E-state index in [0.717, 1.165) is 15.8 Å². The average molecular weight is 462 g/mol. The van der Waals surface area contributed by atoms with Crippen LogP contribution >= 0.6 is 11.3 Å². The fraction of sp³-hybridized carbons (Fsp3) is 0.333. The van der Waals surface area contributed by atoms with Crippen LogP contribution in [0.5, 0.6) is 0 Å². The first-order valence-corrected chi connectivity index (χ1v) is 12.1. The average Bonchev–Trinajstić information content (AvgIpc) is 3.38. The van der Waals surface area contributed by atoms with Gasteiger partial charge in [0.1, 0.15) is 10.8 Å². The highest BCUT2D eigenvalue weighted by Crippen LogP contribution is 2.26. The number of hydrogen-bond acceptors (Lipinski definition) is 6. The molecule has 3 aromatic rings. The number of para-hydroxylation sites is 1. The van der Waals surface area contributed by atoms with E-state index in [1.54, 1.807) is 27.8 Å². The lowest BCUT2D eigenvalue weighted by molar-refractivity contribution is -0.132. The molecule has 0 aliphatic carbocycles. The minimum atomic E-state index is -3.53. The number of aryl methyl sites for hydroxylation is 1. The van der Waals surface area contributed by atoms with Crippen molar-refractivity contribution in [1.29, 1.82) is 0 Å². The third kappa shape index (κ3) is 4.10. The normalized spacial score (nSPS) is 15.4. The van der Waals surface area contributed by atoms with Gasteiger partial charge in [0.25, 0.3) is 10.0 Å². The fourth-order valence-corrected chi connectivity index (χ4v) is 6.61. The van der Waals surface area contributed by atoms with Gasteiger partial charge in [-0.3, -0.25) is 4.79 Å². The van der Waals surface area contributed by atoms with Crippen molar-refractivity contribution >= 4 is 44.1 Å². The molecule has 0 bridgehead atoms. The van der Waals surface area contributed by atoms with Crippen molar-refractivity contribution in [2.24, 2.45) is 0 Å². The van der Waals surface area contributed by atoms with Crippen molar-refractivity contribution < 1.29 is 22.7 Å². The largest absolute Gasteiger partial charge is 0.465 e. The lowest BCUT2D eigenvalue weighted by Crippen LogP contribution is -2.51. The molecule has 31 heavy (non-hydrogen) atoms. The Kier molecular flexibility index (Phi) is 5.87. The van der Waals surface area contributed by atoms with Gasteiger partial charge in [-0.15, -0.1) is 11.3 Å². The van der Waals surface area contributed by atoms with E-state index in [1.165, 1.54) is 22.8 Å². The molecule has 0 saturated carbocycles. The number of benzene rings is 1. The highest BCUT2D eigenvalue weighted by Gasteiger charge is 2.31. The number of fused-ring (bicyclic) bond motifs is 1. The molecule has 0 spiro atoms. The van der Waals surface area contributed by atoms with Crippen LogP contribution in [0.2, 0.25) is 0 Å². The predicted molar refractivity (Wildman–Crippen MR) is 118 cm³/mol. The summed E-state index contributed by atoms with van der Waals surface area (Å²) in [4.78, 5) is 27.6. The van der Waals surface area contributed by atoms with Gasteiger partial charge in [-0.05, 0) is 25.1 Å². The molecule has 1 fully saturated rings. The van der Waals surface area contributed by atoms with E-state index in [0.29, 0.717) is 22.9 Å². The Morgan fingerprint density at radius 2 is 1.77 bits per heavy atom. The number of sulfonamides is 1. The first-order chi connectivity index (χ1) is 14.8. The number of aromatic nitrogens is 1. The van der Waals surface area contributed by atoms with Crippen molar-refractivity contribution in [3.8, 4) is 0 Å². The zero-order valence-electron chi connectivity index (χ0n) is 17.3. The highest BCUT2D eigenvalue weighted by molar-refractivity contribution is 7.91. The van der Waals surface area contributed by atoms with Crippen LogP contribution in [0.1, 0.15) is 15.2 Å². The second kappa shape index (κ2) is 8.45. The van der Waals surface area contributed by atoms with Crippen molar-refractivity contribution in [3.63, 3.8) is 0 Å². The van der Waals surface area contributed by atoms with Crippen LogP contribution in [0.3, 0.4) is 0 Å². The van der Waals surface area contributed by atoms with E-state index in [9.17, 15) is 18.0 Å². The zero-order chi connectivity index (χ0) is 22.2. The quantitative estimate of drug-likeness (QED) is 0.544. The molecule has 1 aliphatic rings. The predicted octanol–water partition coefficient (Wildman–Crippen LogP) is 2.33. The number of piperazine rings is 1. The Bertz CT molecular complexity index is 1240. The first-order valence-electron chi connectivity index (χ1n) is 9.82. The molecule has 2 aromatic heterocycles. The van der Waals surface area contributed by atoms with Crippen molar-refractivity contribution in [2.75, 3.05) is 33.3 Å². The third-order valence-corrected chi connectivity index (χ3v) is 8.77. The summed E-state index contributed by atoms with van der Waals surface area (Å²) in [7, 11) is -2.21. The lowest BCUT2D eigenvalue weighted by atomic mass is 10.2. The SMILES string of the molecule is COC(=O)c1cn(CC(=O)N2CCN(S(=O)(=O)c3ccc(C)s3)CC2)c2ccccc12. The molecule has 0 unspecified atom stereocenters. The summed E-state index contributed by atoms with van der Waals surface area (Å²) in [6, 6.07) is 10.8. The third-order valence-electron chi connectivity index (χ3n) is 5.40. The van der Waals surface area contributed by atoms with Crippen LogP contribution in [-0.4, -0.2) is 67.4 Å². The Morgan fingerprint density at radius 1 is 1.06 bits per heavy atom. The second-order valence-electron chi connectivity index (χ2n) is 7.33. The fourth-order valence-electron chi connectivity index (χ4n) is 3.75. The van der Waals surface area contributed by atoms with Gasteiger partial charge in [0, 0.05) is 48.2 Å². The Hall–Kier alpha value is -2.69. The number of methoxy groups -OCH3 is 1. The minimum Gasteiger partial charge on any atom is -0.465 e. The summed E-state index contributed by atoms with van der Waals surface area (Å²) in [5.74, 6) is -0.578. The van der Waals surface area contributed by atoms with Gasteiger partial charge >= 0.3 is 5.97 Å². The molecule has 1 amide bonds. The Labute approximate surface area is 184 Å². The van der Waals surface area contributed by atoms with Crippen LogP contribution in [0.25, 0.3) is 10.9 Å². The second-order valence-corrected chi connectivity index (χ2v) is 10.8. The minimum absolute atomic E-state index is 0.0639.